The standard InChI is InChI=1S/C28H29NO6.C27H27NO7.C18H21NO3.C14H13NO6.CH4/c1-16-9-10-19-15-21-28(32)12-11-20(25-27(28,13-14-29(21)3)22(19)23(16)35-25)34-26(31)24(33-17(2)30)18-7-5-4-6-8-18;1-15(29)33-22(16-6-4-3-5-7-16)25(31)34-19-10-11-27(32)20-14-17-8-9-18(30)23-21(17)26(27,24(19)35-23)12-13-28(20)2;1-10-3-4-11-9-13-18(21)6-5-12(20)16-17(18,7-8-19(13)2)14(11)15(10)22-16;1-9(16)20-13(10-5-3-2-4-6-10)14(19)21-15-11(17)7-8-12(15)18;/h4-11,21,24-25,32H,12-15H2,1-3H3;3-10,20,22,24,30,32H,11-14H2,1-2H3;3-4,13,16,21H,5-9H2,1-2H3;2-6,13H,7-8H2,1H3;1H4/t21-,24+,25+,27+,28-;20-,22+,24+,26+,27-;13-,16+,17+,18-;13-;/m1110./s1. The molecule has 0 unspecified atom stereocenters. The van der Waals surface area contributed by atoms with Gasteiger partial charge in [-0.25, -0.2) is 14.4 Å². The number of amides is 2. The molecule has 19 rings (SSSR count). The summed E-state index contributed by atoms with van der Waals surface area (Å²) in [4.78, 5) is 120. The van der Waals surface area contributed by atoms with E-state index in [-0.39, 0.29) is 62.1 Å². The van der Waals surface area contributed by atoms with Crippen LogP contribution in [0.5, 0.6) is 23.0 Å². The molecule has 5 fully saturated rings. The van der Waals surface area contributed by atoms with Crippen LogP contribution in [0.25, 0.3) is 0 Å². The molecule has 26 nitrogen and oxygen atoms in total. The number of rotatable bonds is 12. The molecule has 7 heterocycles. The summed E-state index contributed by atoms with van der Waals surface area (Å²) in [6.07, 6.45) is 3.71. The summed E-state index contributed by atoms with van der Waals surface area (Å²) >= 11 is 0. The lowest BCUT2D eigenvalue weighted by molar-refractivity contribution is -0.206. The highest BCUT2D eigenvalue weighted by Gasteiger charge is 2.75. The molecule has 0 aromatic heterocycles. The molecule has 114 heavy (non-hydrogen) atoms. The van der Waals surface area contributed by atoms with Crippen LogP contribution in [-0.2, 0) is 107 Å². The van der Waals surface area contributed by atoms with Gasteiger partial charge < -0.3 is 77.9 Å². The Labute approximate surface area is 659 Å². The Morgan fingerprint density at radius 2 is 0.798 bits per heavy atom. The number of ketones is 1. The van der Waals surface area contributed by atoms with Crippen molar-refractivity contribution < 1.29 is 106 Å². The van der Waals surface area contributed by atoms with Crippen molar-refractivity contribution in [2.45, 2.75) is 207 Å². The summed E-state index contributed by atoms with van der Waals surface area (Å²) < 4.78 is 46.5. The van der Waals surface area contributed by atoms with Crippen LogP contribution in [0, 0.1) is 13.8 Å². The molecule has 598 valence electrons. The highest BCUT2D eigenvalue weighted by molar-refractivity contribution is 6.02. The van der Waals surface area contributed by atoms with Gasteiger partial charge in [-0.3, -0.25) is 28.8 Å². The molecule has 0 radical (unpaired) electrons. The Hall–Kier alpha value is -10.6. The number of likely N-dealkylation sites (tertiary alicyclic amines) is 3. The number of ether oxygens (including phenoxy) is 8. The molecule has 26 heteroatoms. The molecule has 13 aliphatic rings. The second kappa shape index (κ2) is 29.3. The zero-order valence-electron chi connectivity index (χ0n) is 64.0. The molecule has 1 saturated carbocycles. The number of carbonyl (C=O) groups is 9. The number of hydrogen-bond acceptors (Lipinski definition) is 25. The average molecular weight is 1560 g/mol. The number of esters is 5. The zero-order valence-corrected chi connectivity index (χ0v) is 64.0. The lowest BCUT2D eigenvalue weighted by Crippen LogP contribution is -2.76. The molecule has 6 aromatic rings. The second-order valence-corrected chi connectivity index (χ2v) is 32.1. The van der Waals surface area contributed by atoms with Gasteiger partial charge in [0.2, 0.25) is 18.3 Å². The average Bonchev–Trinajstić information content (AvgIpc) is 1.46. The van der Waals surface area contributed by atoms with Gasteiger partial charge in [0.05, 0.1) is 33.0 Å². The van der Waals surface area contributed by atoms with Crippen molar-refractivity contribution in [3.8, 4) is 23.0 Å². The fourth-order valence-corrected chi connectivity index (χ4v) is 21.0. The van der Waals surface area contributed by atoms with Crippen molar-refractivity contribution in [2.24, 2.45) is 0 Å². The molecule has 4 saturated heterocycles. The first-order valence-corrected chi connectivity index (χ1v) is 38.5. The molecular weight excluding hydrogens is 1460 g/mol. The van der Waals surface area contributed by atoms with Crippen LogP contribution in [-0.4, -0.2) is 188 Å². The first-order chi connectivity index (χ1) is 54.0. The topological polar surface area (TPSA) is 331 Å². The van der Waals surface area contributed by atoms with E-state index < -0.39 is 117 Å². The van der Waals surface area contributed by atoms with Crippen LogP contribution in [0.2, 0.25) is 0 Å². The van der Waals surface area contributed by atoms with Gasteiger partial charge in [0.1, 0.15) is 23.0 Å². The summed E-state index contributed by atoms with van der Waals surface area (Å²) in [5, 5.41) is 47.2. The summed E-state index contributed by atoms with van der Waals surface area (Å²) in [6, 6.07) is 37.6. The largest absolute Gasteiger partial charge is 0.504 e. The van der Waals surface area contributed by atoms with Gasteiger partial charge in [-0.2, -0.15) is 0 Å². The SMILES string of the molecule is C.CC(=O)O[C@H](C(=O)OC1=CC[C@@]2(O)[C@H]3Cc4ccc(C)c5c4[C@@]2(CCN3C)[C@H]1O5)c1ccccc1.CC(=O)O[C@H](C(=O)OC1=CC[C@@]2(O)[C@H]3Cc4ccc(O)c5c4[C@@]2(CCN3C)[C@H]1O5)c1ccccc1.CC(=O)O[C@H](C(=O)ON1C(=O)CCC1=O)c1ccccc1.Cc1ccc2c3c1O[C@H]1C(=O)CC[C@@]4(O)[C@@H](C2)N(C)CC[C@]314. The quantitative estimate of drug-likeness (QED) is 0.0506. The minimum Gasteiger partial charge on any atom is -0.504 e. The zero-order chi connectivity index (χ0) is 79.8. The Balaban J connectivity index is 0.000000123. The number of Topliss-reactive ketones (excluding diaryl/α,β-unsaturated/α-hetero) is 1. The van der Waals surface area contributed by atoms with Gasteiger partial charge in [-0.1, -0.05) is 129 Å². The molecule has 6 bridgehead atoms. The summed E-state index contributed by atoms with van der Waals surface area (Å²) in [5.41, 5.74) is 4.87. The van der Waals surface area contributed by atoms with Crippen molar-refractivity contribution in [3.63, 3.8) is 0 Å². The number of aliphatic hydroxyl groups is 3. The maximum atomic E-state index is 13.4. The molecule has 6 aromatic carbocycles. The smallest absolute Gasteiger partial charge is 0.378 e. The Morgan fingerprint density at radius 1 is 0.447 bits per heavy atom. The third-order valence-corrected chi connectivity index (χ3v) is 26.1. The normalized spacial score (nSPS) is 30.1. The van der Waals surface area contributed by atoms with Crippen LogP contribution in [0.15, 0.2) is 151 Å². The van der Waals surface area contributed by atoms with Crippen LogP contribution in [0.3, 0.4) is 0 Å². The number of aromatic hydroxyl groups is 1. The summed E-state index contributed by atoms with van der Waals surface area (Å²) in [7, 11) is 6.16. The van der Waals surface area contributed by atoms with E-state index in [9.17, 15) is 63.6 Å². The number of phenolic OH excluding ortho intramolecular Hbond substituents is 1. The van der Waals surface area contributed by atoms with E-state index in [0.29, 0.717) is 71.8 Å². The minimum absolute atomic E-state index is 0. The maximum absolute atomic E-state index is 13.4. The molecule has 6 aliphatic carbocycles. The lowest BCUT2D eigenvalue weighted by atomic mass is 9.49. The van der Waals surface area contributed by atoms with Gasteiger partial charge in [-0.05, 0) is 146 Å². The number of likely N-dealkylation sites (N-methyl/N-ethyl adjacent to an activating group) is 3. The minimum atomic E-state index is -1.33. The Bertz CT molecular complexity index is 4800. The summed E-state index contributed by atoms with van der Waals surface area (Å²) in [5.74, 6) is -2.67. The first kappa shape index (κ1) is 78.7. The highest BCUT2D eigenvalue weighted by Crippen LogP contribution is 2.68. The number of hydroxylamine groups is 2. The number of benzene rings is 6. The number of aryl methyl sites for hydroxylation is 2. The second-order valence-electron chi connectivity index (χ2n) is 32.1. The third-order valence-electron chi connectivity index (χ3n) is 26.1. The van der Waals surface area contributed by atoms with Crippen molar-refractivity contribution in [1.82, 2.24) is 19.8 Å². The van der Waals surface area contributed by atoms with E-state index in [1.807, 2.05) is 33.0 Å². The van der Waals surface area contributed by atoms with E-state index in [2.05, 4.69) is 53.1 Å². The number of hydrogen-bond donors (Lipinski definition) is 4. The highest BCUT2D eigenvalue weighted by atomic mass is 16.7. The van der Waals surface area contributed by atoms with E-state index in [1.54, 1.807) is 103 Å². The van der Waals surface area contributed by atoms with Crippen molar-refractivity contribution in [1.29, 1.82) is 0 Å². The van der Waals surface area contributed by atoms with E-state index in [1.165, 1.54) is 25.0 Å². The maximum Gasteiger partial charge on any atom is 0.378 e. The van der Waals surface area contributed by atoms with Gasteiger partial charge in [0.15, 0.2) is 35.6 Å². The lowest BCUT2D eigenvalue weighted by Gasteiger charge is -2.62. The monoisotopic (exact) mass is 1560 g/mol. The Kier molecular flexibility index (Phi) is 20.2. The number of piperidine rings is 3. The molecule has 15 atom stereocenters. The van der Waals surface area contributed by atoms with Crippen molar-refractivity contribution in [3.05, 3.63) is 212 Å². The predicted octanol–water partition coefficient (Wildman–Crippen LogP) is 8.52. The van der Waals surface area contributed by atoms with Gasteiger partial charge in [0.25, 0.3) is 11.8 Å². The third kappa shape index (κ3) is 12.1. The predicted molar refractivity (Wildman–Crippen MR) is 406 cm³/mol. The first-order valence-electron chi connectivity index (χ1n) is 38.5. The van der Waals surface area contributed by atoms with Gasteiger partial charge in [-0.15, -0.1) is 5.06 Å². The van der Waals surface area contributed by atoms with Crippen LogP contribution in [0.1, 0.15) is 165 Å². The fourth-order valence-electron chi connectivity index (χ4n) is 21.0. The van der Waals surface area contributed by atoms with E-state index in [4.69, 9.17) is 42.7 Å². The van der Waals surface area contributed by atoms with Crippen molar-refractivity contribution >= 4 is 53.4 Å². The number of carbonyl (C=O) groups excluding carboxylic acids is 9. The Morgan fingerprint density at radius 3 is 1.20 bits per heavy atom. The van der Waals surface area contributed by atoms with Crippen molar-refractivity contribution in [2.75, 3.05) is 40.8 Å². The molecule has 3 spiro atoms. The molecule has 7 aliphatic heterocycles. The molecule has 2 amide bonds. The summed E-state index contributed by atoms with van der Waals surface area (Å²) in [6.45, 7) is 10.1. The number of phenols is 1. The van der Waals surface area contributed by atoms with Crippen LogP contribution >= 0.6 is 0 Å². The fraction of sp³-hybridized carbons (Fsp3) is 0.443. The van der Waals surface area contributed by atoms with Crippen LogP contribution in [0.4, 0.5) is 0 Å². The van der Waals surface area contributed by atoms with Gasteiger partial charge >= 0.3 is 35.8 Å². The van der Waals surface area contributed by atoms with Gasteiger partial charge in [0, 0.05) is 104 Å². The van der Waals surface area contributed by atoms with E-state index >= 15 is 0 Å². The molecular formula is C88H94N4O22. The molecule has 4 N–H and O–H groups in total. The van der Waals surface area contributed by atoms with E-state index in [0.717, 1.165) is 90.7 Å². The number of imide groups is 1. The van der Waals surface area contributed by atoms with Crippen LogP contribution < -0.4 is 14.2 Å². The number of nitrogens with zero attached hydrogens (tertiary/aromatic N) is 4.